The van der Waals surface area contributed by atoms with Crippen molar-refractivity contribution < 1.29 is 33.2 Å². The number of carbonyl (C=O) groups is 1. The Labute approximate surface area is 197 Å². The van der Waals surface area contributed by atoms with Gasteiger partial charge in [-0.25, -0.2) is 4.79 Å². The molecular formula is C26H40O7. The summed E-state index contributed by atoms with van der Waals surface area (Å²) in [5.74, 6) is -1.63. The topological polar surface area (TPSA) is 72.5 Å². The number of hydrogen-bond donors (Lipinski definition) is 0. The molecule has 0 radical (unpaired) electrons. The van der Waals surface area contributed by atoms with Crippen molar-refractivity contribution in [3.8, 4) is 0 Å². The number of fused-ring (bicyclic) bond motifs is 3. The Hall–Kier alpha value is -0.990. The number of carbonyl (C=O) groups excluding carboxylic acids is 1. The molecule has 5 atom stereocenters. The van der Waals surface area contributed by atoms with Crippen LogP contribution in [-0.4, -0.2) is 54.9 Å². The molecule has 5 rings (SSSR count). The van der Waals surface area contributed by atoms with E-state index in [1.165, 1.54) is 38.5 Å². The number of ether oxygens (including phenoxy) is 6. The van der Waals surface area contributed by atoms with Gasteiger partial charge in [0.15, 0.2) is 17.9 Å². The molecular weight excluding hydrogens is 424 g/mol. The molecule has 2 aliphatic carbocycles. The molecule has 2 spiro atoms. The van der Waals surface area contributed by atoms with Gasteiger partial charge in [-0.3, -0.25) is 0 Å². The normalized spacial score (nSPS) is 37.9. The highest BCUT2D eigenvalue weighted by Gasteiger charge is 2.63. The van der Waals surface area contributed by atoms with Crippen LogP contribution in [-0.2, 0) is 33.2 Å². The molecule has 186 valence electrons. The van der Waals surface area contributed by atoms with Crippen LogP contribution in [0.15, 0.2) is 12.2 Å². The van der Waals surface area contributed by atoms with Crippen LogP contribution in [0, 0.1) is 0 Å². The molecule has 33 heavy (non-hydrogen) atoms. The van der Waals surface area contributed by atoms with Crippen LogP contribution in [0.1, 0.15) is 96.8 Å². The molecule has 5 fully saturated rings. The Morgan fingerprint density at radius 2 is 1.24 bits per heavy atom. The Bertz CT molecular complexity index is 705. The van der Waals surface area contributed by atoms with Gasteiger partial charge in [0.25, 0.3) is 0 Å². The zero-order valence-electron chi connectivity index (χ0n) is 20.1. The summed E-state index contributed by atoms with van der Waals surface area (Å²) in [5.41, 5.74) is 0.370. The SMILES string of the molecule is C=C(C)C(=O)OC[C@H]1O[C@@H]2OC3(CCCCCCC3)O[C@H]2[C@H]2OC3(CCCCCCC3)O[C@@H]21. The minimum Gasteiger partial charge on any atom is -0.459 e. The average molecular weight is 465 g/mol. The third-order valence-corrected chi connectivity index (χ3v) is 7.93. The highest BCUT2D eigenvalue weighted by atomic mass is 16.9. The molecule has 2 saturated carbocycles. The third-order valence-electron chi connectivity index (χ3n) is 7.93. The van der Waals surface area contributed by atoms with Crippen molar-refractivity contribution in [1.82, 2.24) is 0 Å². The van der Waals surface area contributed by atoms with Gasteiger partial charge in [-0.1, -0.05) is 45.1 Å². The second-order valence-corrected chi connectivity index (χ2v) is 10.6. The van der Waals surface area contributed by atoms with E-state index >= 15 is 0 Å². The van der Waals surface area contributed by atoms with E-state index in [4.69, 9.17) is 28.4 Å². The summed E-state index contributed by atoms with van der Waals surface area (Å²) in [4.78, 5) is 12.1. The van der Waals surface area contributed by atoms with Crippen molar-refractivity contribution in [3.63, 3.8) is 0 Å². The molecule has 0 bridgehead atoms. The van der Waals surface area contributed by atoms with Crippen molar-refractivity contribution >= 4 is 5.97 Å². The number of hydrogen-bond acceptors (Lipinski definition) is 7. The maximum atomic E-state index is 12.1. The monoisotopic (exact) mass is 464 g/mol. The summed E-state index contributed by atoms with van der Waals surface area (Å²) in [7, 11) is 0. The molecule has 0 aromatic rings. The lowest BCUT2D eigenvalue weighted by molar-refractivity contribution is -0.253. The molecule has 3 heterocycles. The summed E-state index contributed by atoms with van der Waals surface area (Å²) in [6, 6.07) is 0. The van der Waals surface area contributed by atoms with E-state index in [0.717, 1.165) is 51.4 Å². The summed E-state index contributed by atoms with van der Waals surface area (Å²) >= 11 is 0. The summed E-state index contributed by atoms with van der Waals surface area (Å²) in [5, 5.41) is 0. The Balaban J connectivity index is 1.36. The second kappa shape index (κ2) is 9.94. The van der Waals surface area contributed by atoms with Crippen LogP contribution < -0.4 is 0 Å². The molecule has 5 aliphatic rings. The van der Waals surface area contributed by atoms with Crippen molar-refractivity contribution in [1.29, 1.82) is 0 Å². The van der Waals surface area contributed by atoms with Crippen LogP contribution >= 0.6 is 0 Å². The minimum atomic E-state index is -0.608. The fraction of sp³-hybridized carbons (Fsp3) is 0.885. The molecule has 0 unspecified atom stereocenters. The first-order valence-corrected chi connectivity index (χ1v) is 13.2. The number of esters is 1. The fourth-order valence-electron chi connectivity index (χ4n) is 6.16. The van der Waals surface area contributed by atoms with E-state index in [0.29, 0.717) is 5.57 Å². The summed E-state index contributed by atoms with van der Waals surface area (Å²) < 4.78 is 38.5. The largest absolute Gasteiger partial charge is 0.459 e. The van der Waals surface area contributed by atoms with Crippen molar-refractivity contribution in [3.05, 3.63) is 12.2 Å². The highest BCUT2D eigenvalue weighted by Crippen LogP contribution is 2.50. The lowest BCUT2D eigenvalue weighted by Gasteiger charge is -2.36. The van der Waals surface area contributed by atoms with E-state index in [1.54, 1.807) is 6.92 Å². The molecule has 7 nitrogen and oxygen atoms in total. The van der Waals surface area contributed by atoms with Crippen molar-refractivity contribution in [2.24, 2.45) is 0 Å². The van der Waals surface area contributed by atoms with Gasteiger partial charge in [-0.15, -0.1) is 0 Å². The van der Waals surface area contributed by atoms with Gasteiger partial charge in [-0.2, -0.15) is 0 Å². The van der Waals surface area contributed by atoms with Gasteiger partial charge in [-0.05, 0) is 32.6 Å². The highest BCUT2D eigenvalue weighted by molar-refractivity contribution is 5.86. The maximum Gasteiger partial charge on any atom is 0.333 e. The maximum absolute atomic E-state index is 12.1. The molecule has 7 heteroatoms. The zero-order valence-corrected chi connectivity index (χ0v) is 20.1. The Morgan fingerprint density at radius 3 is 1.82 bits per heavy atom. The molecule has 3 saturated heterocycles. The quantitative estimate of drug-likeness (QED) is 0.434. The van der Waals surface area contributed by atoms with E-state index in [-0.39, 0.29) is 24.9 Å². The molecule has 0 aromatic carbocycles. The van der Waals surface area contributed by atoms with Crippen molar-refractivity contribution in [2.45, 2.75) is 139 Å². The van der Waals surface area contributed by atoms with E-state index in [1.807, 2.05) is 0 Å². The Morgan fingerprint density at radius 1 is 0.758 bits per heavy atom. The molecule has 0 amide bonds. The average Bonchev–Trinajstić information content (AvgIpc) is 3.32. The van der Waals surface area contributed by atoms with E-state index in [2.05, 4.69) is 6.58 Å². The van der Waals surface area contributed by atoms with E-state index in [9.17, 15) is 4.79 Å². The van der Waals surface area contributed by atoms with Gasteiger partial charge < -0.3 is 28.4 Å². The van der Waals surface area contributed by atoms with Gasteiger partial charge in [0, 0.05) is 31.3 Å². The molecule has 0 N–H and O–H groups in total. The zero-order chi connectivity index (χ0) is 22.9. The standard InChI is InChI=1S/C26H40O7/c1-18(2)23(27)28-17-19-20-21(31-25(30-20)13-9-5-3-6-10-14-25)22-24(29-19)33-26(32-22)15-11-7-4-8-12-16-26/h19-22,24H,1,3-17H2,2H3/t19-,20-,21+,22+,24-/m1/s1. The van der Waals surface area contributed by atoms with Gasteiger partial charge in [0.1, 0.15) is 31.0 Å². The van der Waals surface area contributed by atoms with Gasteiger partial charge in [0.05, 0.1) is 0 Å². The third kappa shape index (κ3) is 5.03. The number of rotatable bonds is 3. The first kappa shape index (κ1) is 23.7. The van der Waals surface area contributed by atoms with E-state index < -0.39 is 29.9 Å². The predicted octanol–water partition coefficient (Wildman–Crippen LogP) is 4.91. The van der Waals surface area contributed by atoms with Gasteiger partial charge >= 0.3 is 5.97 Å². The van der Waals surface area contributed by atoms with Gasteiger partial charge in [0.2, 0.25) is 0 Å². The Kier molecular flexibility index (Phi) is 7.15. The van der Waals surface area contributed by atoms with Crippen LogP contribution in [0.3, 0.4) is 0 Å². The van der Waals surface area contributed by atoms with Crippen molar-refractivity contribution in [2.75, 3.05) is 6.61 Å². The van der Waals surface area contributed by atoms with Crippen LogP contribution in [0.4, 0.5) is 0 Å². The fourth-order valence-corrected chi connectivity index (χ4v) is 6.16. The summed E-state index contributed by atoms with van der Waals surface area (Å²) in [6.07, 6.45) is 13.3. The summed E-state index contributed by atoms with van der Waals surface area (Å²) in [6.45, 7) is 5.42. The molecule has 0 aromatic heterocycles. The second-order valence-electron chi connectivity index (χ2n) is 10.6. The smallest absolute Gasteiger partial charge is 0.333 e. The molecule has 3 aliphatic heterocycles. The lowest BCUT2D eigenvalue weighted by atomic mass is 9.95. The van der Waals surface area contributed by atoms with Crippen LogP contribution in [0.5, 0.6) is 0 Å². The minimum absolute atomic E-state index is 0.0892. The van der Waals surface area contributed by atoms with Crippen LogP contribution in [0.25, 0.3) is 0 Å². The first-order valence-electron chi connectivity index (χ1n) is 13.2. The lowest BCUT2D eigenvalue weighted by Crippen LogP contribution is -2.56. The first-order chi connectivity index (χ1) is 16.0. The van der Waals surface area contributed by atoms with Crippen LogP contribution in [0.2, 0.25) is 0 Å². The predicted molar refractivity (Wildman–Crippen MR) is 120 cm³/mol.